The van der Waals surface area contributed by atoms with Crippen LogP contribution < -0.4 is 5.32 Å². The van der Waals surface area contributed by atoms with Crippen molar-refractivity contribution in [2.45, 2.75) is 57.2 Å². The summed E-state index contributed by atoms with van der Waals surface area (Å²) in [5, 5.41) is 13.9. The van der Waals surface area contributed by atoms with Crippen LogP contribution in [-0.4, -0.2) is 35.2 Å². The van der Waals surface area contributed by atoms with Crippen molar-refractivity contribution >= 4 is 0 Å². The molecule has 0 saturated carbocycles. The molecular formula is C17H26N2O. The van der Waals surface area contributed by atoms with Crippen LogP contribution in [0.15, 0.2) is 24.3 Å². The maximum atomic E-state index is 10.1. The summed E-state index contributed by atoms with van der Waals surface area (Å²) in [6, 6.07) is 9.31. The van der Waals surface area contributed by atoms with E-state index in [1.54, 1.807) is 6.07 Å². The summed E-state index contributed by atoms with van der Waals surface area (Å²) in [7, 11) is 0. The van der Waals surface area contributed by atoms with Crippen LogP contribution >= 0.6 is 0 Å². The fourth-order valence-electron chi connectivity index (χ4n) is 3.91. The molecule has 0 bridgehead atoms. The van der Waals surface area contributed by atoms with Gasteiger partial charge in [0.05, 0.1) is 0 Å². The van der Waals surface area contributed by atoms with E-state index in [4.69, 9.17) is 0 Å². The molecule has 0 aliphatic carbocycles. The van der Waals surface area contributed by atoms with Crippen molar-refractivity contribution in [2.24, 2.45) is 0 Å². The van der Waals surface area contributed by atoms with Gasteiger partial charge in [-0.1, -0.05) is 31.5 Å². The van der Waals surface area contributed by atoms with Gasteiger partial charge in [-0.15, -0.1) is 0 Å². The molecule has 0 spiro atoms. The third-order valence-electron chi connectivity index (χ3n) is 4.99. The van der Waals surface area contributed by atoms with Crippen molar-refractivity contribution in [1.29, 1.82) is 0 Å². The molecule has 3 nitrogen and oxygen atoms in total. The topological polar surface area (TPSA) is 35.5 Å². The van der Waals surface area contributed by atoms with Crippen LogP contribution in [0.25, 0.3) is 0 Å². The molecule has 2 saturated heterocycles. The van der Waals surface area contributed by atoms with Crippen LogP contribution in [0, 0.1) is 0 Å². The van der Waals surface area contributed by atoms with Crippen LogP contribution in [0.3, 0.4) is 0 Å². The smallest absolute Gasteiger partial charge is 0.120 e. The highest BCUT2D eigenvalue weighted by atomic mass is 16.3. The Labute approximate surface area is 122 Å². The number of hydrogen-bond donors (Lipinski definition) is 2. The van der Waals surface area contributed by atoms with E-state index in [1.807, 2.05) is 18.2 Å². The molecule has 20 heavy (non-hydrogen) atoms. The Morgan fingerprint density at radius 1 is 1.25 bits per heavy atom. The van der Waals surface area contributed by atoms with Gasteiger partial charge in [-0.3, -0.25) is 4.90 Å². The summed E-state index contributed by atoms with van der Waals surface area (Å²) in [5.41, 5.74) is 1.05. The van der Waals surface area contributed by atoms with Gasteiger partial charge in [0.25, 0.3) is 0 Å². The first-order valence-corrected chi connectivity index (χ1v) is 8.07. The van der Waals surface area contributed by atoms with E-state index in [0.29, 0.717) is 17.8 Å². The van der Waals surface area contributed by atoms with Crippen molar-refractivity contribution in [2.75, 3.05) is 13.1 Å². The molecule has 0 amide bonds. The minimum atomic E-state index is 0.267. The lowest BCUT2D eigenvalue weighted by atomic mass is 9.96. The highest BCUT2D eigenvalue weighted by Crippen LogP contribution is 2.31. The molecule has 1 aromatic carbocycles. The zero-order valence-electron chi connectivity index (χ0n) is 12.4. The third kappa shape index (κ3) is 2.70. The van der Waals surface area contributed by atoms with Gasteiger partial charge in [0.1, 0.15) is 5.75 Å². The fraction of sp³-hybridized carbons (Fsp3) is 0.647. The van der Waals surface area contributed by atoms with Crippen molar-refractivity contribution in [3.63, 3.8) is 0 Å². The van der Waals surface area contributed by atoms with Gasteiger partial charge in [-0.05, 0) is 38.3 Å². The van der Waals surface area contributed by atoms with Gasteiger partial charge in [-0.25, -0.2) is 0 Å². The number of fused-ring (bicyclic) bond motifs is 1. The molecule has 3 rings (SSSR count). The van der Waals surface area contributed by atoms with Crippen LogP contribution in [-0.2, 0) is 0 Å². The minimum Gasteiger partial charge on any atom is -0.508 e. The normalized spacial score (nSPS) is 28.2. The Balaban J connectivity index is 1.71. The van der Waals surface area contributed by atoms with Crippen LogP contribution in [0.4, 0.5) is 0 Å². The van der Waals surface area contributed by atoms with Gasteiger partial charge >= 0.3 is 0 Å². The molecule has 0 radical (unpaired) electrons. The SMILES string of the molecule is CCC(NC1CCN2CCCCC12)c1ccccc1O. The first kappa shape index (κ1) is 13.9. The van der Waals surface area contributed by atoms with Crippen molar-refractivity contribution in [3.8, 4) is 5.75 Å². The maximum Gasteiger partial charge on any atom is 0.120 e. The number of benzene rings is 1. The Bertz CT molecular complexity index is 448. The number of phenols is 1. The summed E-state index contributed by atoms with van der Waals surface area (Å²) in [6.45, 7) is 4.70. The van der Waals surface area contributed by atoms with Crippen LogP contribution in [0.2, 0.25) is 0 Å². The molecule has 2 fully saturated rings. The summed E-state index contributed by atoms with van der Waals surface area (Å²) in [5.74, 6) is 0.422. The van der Waals surface area contributed by atoms with Crippen LogP contribution in [0.5, 0.6) is 5.75 Å². The first-order chi connectivity index (χ1) is 9.79. The second-order valence-corrected chi connectivity index (χ2v) is 6.18. The highest BCUT2D eigenvalue weighted by Gasteiger charge is 2.36. The number of rotatable bonds is 4. The molecule has 2 aliphatic heterocycles. The largest absolute Gasteiger partial charge is 0.508 e. The molecule has 110 valence electrons. The summed E-state index contributed by atoms with van der Waals surface area (Å²) in [6.07, 6.45) is 6.32. The first-order valence-electron chi connectivity index (χ1n) is 8.07. The number of phenolic OH excluding ortho intramolecular Hbond substituents is 1. The molecule has 3 heteroatoms. The number of para-hydroxylation sites is 1. The molecule has 3 atom stereocenters. The summed E-state index contributed by atoms with van der Waals surface area (Å²) < 4.78 is 0. The molecule has 2 heterocycles. The van der Waals surface area contributed by atoms with E-state index in [-0.39, 0.29) is 6.04 Å². The predicted octanol–water partition coefficient (Wildman–Crippen LogP) is 3.06. The number of nitrogens with one attached hydrogen (secondary N) is 1. The summed E-state index contributed by atoms with van der Waals surface area (Å²) in [4.78, 5) is 2.65. The van der Waals surface area contributed by atoms with Gasteiger partial charge in [-0.2, -0.15) is 0 Å². The lowest BCUT2D eigenvalue weighted by Gasteiger charge is -2.34. The minimum absolute atomic E-state index is 0.267. The number of piperidine rings is 1. The van der Waals surface area contributed by atoms with E-state index in [1.165, 1.54) is 38.8 Å². The van der Waals surface area contributed by atoms with E-state index in [9.17, 15) is 5.11 Å². The zero-order chi connectivity index (χ0) is 13.9. The average Bonchev–Trinajstić information content (AvgIpc) is 2.89. The van der Waals surface area contributed by atoms with E-state index < -0.39 is 0 Å². The number of hydrogen-bond acceptors (Lipinski definition) is 3. The average molecular weight is 274 g/mol. The molecule has 2 aliphatic rings. The Morgan fingerprint density at radius 2 is 2.10 bits per heavy atom. The molecule has 1 aromatic rings. The van der Waals surface area contributed by atoms with E-state index >= 15 is 0 Å². The Hall–Kier alpha value is -1.06. The quantitative estimate of drug-likeness (QED) is 0.886. The molecular weight excluding hydrogens is 248 g/mol. The molecule has 3 unspecified atom stereocenters. The highest BCUT2D eigenvalue weighted by molar-refractivity contribution is 5.34. The van der Waals surface area contributed by atoms with E-state index in [2.05, 4.69) is 17.1 Å². The predicted molar refractivity (Wildman–Crippen MR) is 81.9 cm³/mol. The van der Waals surface area contributed by atoms with Gasteiger partial charge in [0.2, 0.25) is 0 Å². The van der Waals surface area contributed by atoms with Gasteiger partial charge in [0.15, 0.2) is 0 Å². The monoisotopic (exact) mass is 274 g/mol. The lowest BCUT2D eigenvalue weighted by Crippen LogP contribution is -2.45. The molecule has 2 N–H and O–H groups in total. The lowest BCUT2D eigenvalue weighted by molar-refractivity contribution is 0.176. The van der Waals surface area contributed by atoms with Crippen molar-refractivity contribution < 1.29 is 5.11 Å². The Kier molecular flexibility index (Phi) is 4.27. The number of aromatic hydroxyl groups is 1. The third-order valence-corrected chi connectivity index (χ3v) is 4.99. The second-order valence-electron chi connectivity index (χ2n) is 6.18. The fourth-order valence-corrected chi connectivity index (χ4v) is 3.91. The number of nitrogens with zero attached hydrogens (tertiary/aromatic N) is 1. The Morgan fingerprint density at radius 3 is 2.90 bits per heavy atom. The van der Waals surface area contributed by atoms with Crippen LogP contribution in [0.1, 0.15) is 50.6 Å². The van der Waals surface area contributed by atoms with E-state index in [0.717, 1.165) is 12.0 Å². The van der Waals surface area contributed by atoms with Crippen molar-refractivity contribution in [1.82, 2.24) is 10.2 Å². The zero-order valence-corrected chi connectivity index (χ0v) is 12.4. The standard InChI is InChI=1S/C17H26N2O/c1-2-14(13-7-3-4-9-17(13)20)18-15-10-12-19-11-6-5-8-16(15)19/h3-4,7,9,14-16,18,20H,2,5-6,8,10-12H2,1H3. The second kappa shape index (κ2) is 6.15. The van der Waals surface area contributed by atoms with Crippen molar-refractivity contribution in [3.05, 3.63) is 29.8 Å². The molecule has 0 aromatic heterocycles. The summed E-state index contributed by atoms with van der Waals surface area (Å²) >= 11 is 0. The maximum absolute atomic E-state index is 10.1. The van der Waals surface area contributed by atoms with Gasteiger partial charge < -0.3 is 10.4 Å². The van der Waals surface area contributed by atoms with Gasteiger partial charge in [0, 0.05) is 30.2 Å².